The van der Waals surface area contributed by atoms with E-state index in [1.807, 2.05) is 0 Å². The van der Waals surface area contributed by atoms with Gasteiger partial charge in [0.15, 0.2) is 0 Å². The highest BCUT2D eigenvalue weighted by Gasteiger charge is 2.16. The van der Waals surface area contributed by atoms with E-state index in [0.717, 1.165) is 32.4 Å². The summed E-state index contributed by atoms with van der Waals surface area (Å²) in [5.74, 6) is -0.201. The van der Waals surface area contributed by atoms with Gasteiger partial charge in [0.2, 0.25) is 10.0 Å². The van der Waals surface area contributed by atoms with Crippen molar-refractivity contribution in [3.05, 3.63) is 34.6 Å². The molecule has 0 saturated carbocycles. The van der Waals surface area contributed by atoms with Crippen molar-refractivity contribution in [2.45, 2.75) is 25.0 Å². The third-order valence-corrected chi connectivity index (χ3v) is 5.26. The van der Waals surface area contributed by atoms with Gasteiger partial charge in [0.25, 0.3) is 0 Å². The first-order valence-corrected chi connectivity index (χ1v) is 9.11. The van der Waals surface area contributed by atoms with Gasteiger partial charge < -0.3 is 5.32 Å². The van der Waals surface area contributed by atoms with E-state index in [1.54, 1.807) is 0 Å². The van der Waals surface area contributed by atoms with Gasteiger partial charge in [0.05, 0.1) is 10.8 Å². The van der Waals surface area contributed by atoms with Gasteiger partial charge in [-0.05, 0) is 56.0 Å². The van der Waals surface area contributed by atoms with Crippen LogP contribution in [0.4, 0.5) is 4.39 Å². The normalized spacial score (nSPS) is 18.7. The fraction of sp³-hybridized carbons (Fsp3) is 0.571. The van der Waals surface area contributed by atoms with Crippen LogP contribution in [0.5, 0.6) is 0 Å². The second kappa shape index (κ2) is 9.03. The van der Waals surface area contributed by atoms with Crippen LogP contribution in [0.25, 0.3) is 0 Å². The molecule has 1 atom stereocenters. The summed E-state index contributed by atoms with van der Waals surface area (Å²) in [5.41, 5.74) is 0.480. The van der Waals surface area contributed by atoms with E-state index in [-0.39, 0.29) is 23.2 Å². The summed E-state index contributed by atoms with van der Waals surface area (Å²) >= 11 is 5.65. The predicted molar refractivity (Wildman–Crippen MR) is 89.5 cm³/mol. The molecule has 1 fully saturated rings. The molecular weight excluding hydrogens is 350 g/mol. The van der Waals surface area contributed by atoms with E-state index < -0.39 is 15.8 Å². The van der Waals surface area contributed by atoms with Crippen LogP contribution in [0.1, 0.15) is 24.8 Å². The van der Waals surface area contributed by atoms with Crippen LogP contribution in [0, 0.1) is 11.7 Å². The lowest BCUT2D eigenvalue weighted by Crippen LogP contribution is -2.33. The monoisotopic (exact) mass is 370 g/mol. The Labute approximate surface area is 142 Å². The maximum Gasteiger partial charge on any atom is 0.215 e. The molecule has 22 heavy (non-hydrogen) atoms. The molecule has 4 nitrogen and oxygen atoms in total. The highest BCUT2D eigenvalue weighted by atomic mass is 35.5. The van der Waals surface area contributed by atoms with Crippen molar-refractivity contribution < 1.29 is 12.8 Å². The van der Waals surface area contributed by atoms with Crippen LogP contribution >= 0.6 is 24.0 Å². The van der Waals surface area contributed by atoms with Crippen molar-refractivity contribution in [2.24, 2.45) is 5.92 Å². The third-order valence-electron chi connectivity index (χ3n) is 3.61. The van der Waals surface area contributed by atoms with Gasteiger partial charge in [-0.2, -0.15) is 0 Å². The highest BCUT2D eigenvalue weighted by Crippen LogP contribution is 2.18. The number of rotatable bonds is 6. The molecule has 8 heteroatoms. The predicted octanol–water partition coefficient (Wildman–Crippen LogP) is 2.71. The lowest BCUT2D eigenvalue weighted by atomic mass is 9.96. The lowest BCUT2D eigenvalue weighted by Gasteiger charge is -2.22. The average molecular weight is 371 g/mol. The van der Waals surface area contributed by atoms with Gasteiger partial charge in [-0.1, -0.05) is 17.7 Å². The Morgan fingerprint density at radius 1 is 1.41 bits per heavy atom. The number of piperidine rings is 1. The third kappa shape index (κ3) is 6.38. The number of halogens is 3. The van der Waals surface area contributed by atoms with E-state index in [2.05, 4.69) is 10.0 Å². The van der Waals surface area contributed by atoms with Crippen molar-refractivity contribution in [3.8, 4) is 0 Å². The molecule has 0 aliphatic carbocycles. The first-order valence-electron chi connectivity index (χ1n) is 7.08. The Kier molecular flexibility index (Phi) is 8.07. The Morgan fingerprint density at radius 2 is 2.18 bits per heavy atom. The quantitative estimate of drug-likeness (QED) is 0.809. The molecule has 2 rings (SSSR count). The van der Waals surface area contributed by atoms with Crippen LogP contribution in [0.2, 0.25) is 5.02 Å². The number of hydrogen-bond acceptors (Lipinski definition) is 3. The molecule has 1 aromatic carbocycles. The van der Waals surface area contributed by atoms with Crippen molar-refractivity contribution >= 4 is 34.0 Å². The van der Waals surface area contributed by atoms with Crippen LogP contribution in [-0.4, -0.2) is 28.1 Å². The maximum atomic E-state index is 13.0. The Morgan fingerprint density at radius 3 is 2.82 bits per heavy atom. The minimum atomic E-state index is -3.42. The fourth-order valence-electron chi connectivity index (χ4n) is 2.49. The topological polar surface area (TPSA) is 58.2 Å². The molecule has 1 aliphatic rings. The largest absolute Gasteiger partial charge is 0.316 e. The van der Waals surface area contributed by atoms with Gasteiger partial charge in [-0.25, -0.2) is 17.5 Å². The highest BCUT2D eigenvalue weighted by molar-refractivity contribution is 7.88. The van der Waals surface area contributed by atoms with Crippen LogP contribution in [0.3, 0.4) is 0 Å². The Balaban J connectivity index is 0.00000242. The molecule has 2 N–H and O–H groups in total. The van der Waals surface area contributed by atoms with Gasteiger partial charge in [0.1, 0.15) is 5.82 Å². The van der Waals surface area contributed by atoms with Crippen LogP contribution < -0.4 is 10.0 Å². The second-order valence-electron chi connectivity index (χ2n) is 5.40. The molecule has 0 aromatic heterocycles. The molecule has 0 amide bonds. The smallest absolute Gasteiger partial charge is 0.215 e. The van der Waals surface area contributed by atoms with Crippen molar-refractivity contribution in [1.29, 1.82) is 0 Å². The molecule has 0 bridgehead atoms. The SMILES string of the molecule is Cl.O=S(=O)(Cc1ccc(F)c(Cl)c1)NCCC1CCCNC1. The molecule has 0 spiro atoms. The molecule has 0 radical (unpaired) electrons. The number of hydrogen-bond donors (Lipinski definition) is 2. The molecule has 126 valence electrons. The molecule has 1 heterocycles. The van der Waals surface area contributed by atoms with Crippen molar-refractivity contribution in [3.63, 3.8) is 0 Å². The summed E-state index contributed by atoms with van der Waals surface area (Å²) in [6.45, 7) is 2.44. The summed E-state index contributed by atoms with van der Waals surface area (Å²) in [4.78, 5) is 0. The van der Waals surface area contributed by atoms with E-state index in [0.29, 0.717) is 18.0 Å². The molecular formula is C14H21Cl2FN2O2S. The zero-order valence-electron chi connectivity index (χ0n) is 12.1. The number of benzene rings is 1. The van der Waals surface area contributed by atoms with Gasteiger partial charge in [-0.3, -0.25) is 0 Å². The number of sulfonamides is 1. The summed E-state index contributed by atoms with van der Waals surface area (Å²) in [6, 6.07) is 3.97. The summed E-state index contributed by atoms with van der Waals surface area (Å²) in [7, 11) is -3.42. The van der Waals surface area contributed by atoms with E-state index in [4.69, 9.17) is 11.6 Å². The van der Waals surface area contributed by atoms with E-state index in [9.17, 15) is 12.8 Å². The van der Waals surface area contributed by atoms with Gasteiger partial charge >= 0.3 is 0 Å². The van der Waals surface area contributed by atoms with Gasteiger partial charge in [-0.15, -0.1) is 12.4 Å². The van der Waals surface area contributed by atoms with E-state index >= 15 is 0 Å². The number of nitrogens with one attached hydrogen (secondary N) is 2. The Bertz CT molecular complexity index is 578. The second-order valence-corrected chi connectivity index (χ2v) is 7.62. The molecule has 1 aliphatic heterocycles. The molecule has 1 unspecified atom stereocenters. The standard InChI is InChI=1S/C14H20ClFN2O2S.ClH/c15-13-8-12(3-4-14(13)16)10-21(19,20)18-7-5-11-2-1-6-17-9-11;/h3-4,8,11,17-18H,1-2,5-7,9-10H2;1H. The molecule has 1 saturated heterocycles. The zero-order valence-corrected chi connectivity index (χ0v) is 14.5. The zero-order chi connectivity index (χ0) is 15.3. The minimum Gasteiger partial charge on any atom is -0.316 e. The van der Waals surface area contributed by atoms with Gasteiger partial charge in [0, 0.05) is 6.54 Å². The first-order chi connectivity index (χ1) is 9.96. The first kappa shape index (κ1) is 19.6. The van der Waals surface area contributed by atoms with E-state index in [1.165, 1.54) is 18.2 Å². The summed E-state index contributed by atoms with van der Waals surface area (Å²) < 4.78 is 39.6. The summed E-state index contributed by atoms with van der Waals surface area (Å²) in [6.07, 6.45) is 3.12. The van der Waals surface area contributed by atoms with Crippen molar-refractivity contribution in [1.82, 2.24) is 10.0 Å². The van der Waals surface area contributed by atoms with Crippen molar-refractivity contribution in [2.75, 3.05) is 19.6 Å². The molecule has 1 aromatic rings. The van der Waals surface area contributed by atoms with Crippen LogP contribution in [0.15, 0.2) is 18.2 Å². The Hall–Kier alpha value is -0.400. The van der Waals surface area contributed by atoms with Crippen LogP contribution in [-0.2, 0) is 15.8 Å². The summed E-state index contributed by atoms with van der Waals surface area (Å²) in [5, 5.41) is 3.25. The fourth-order valence-corrected chi connectivity index (χ4v) is 3.84. The minimum absolute atomic E-state index is 0. The maximum absolute atomic E-state index is 13.0. The lowest BCUT2D eigenvalue weighted by molar-refractivity contribution is 0.358. The average Bonchev–Trinajstić information content (AvgIpc) is 2.43.